The van der Waals surface area contributed by atoms with E-state index in [-0.39, 0.29) is 22.6 Å². The average Bonchev–Trinajstić information content (AvgIpc) is 2.92. The van der Waals surface area contributed by atoms with Crippen LogP contribution in [0, 0.1) is 6.92 Å². The van der Waals surface area contributed by atoms with Gasteiger partial charge in [-0.15, -0.1) is 0 Å². The van der Waals surface area contributed by atoms with E-state index in [1.165, 1.54) is 13.3 Å². The predicted octanol–water partition coefficient (Wildman–Crippen LogP) is 2.06. The maximum Gasteiger partial charge on any atom is 0.262 e. The summed E-state index contributed by atoms with van der Waals surface area (Å²) in [4.78, 5) is 44.0. The summed E-state index contributed by atoms with van der Waals surface area (Å²) in [5, 5.41) is 2.88. The van der Waals surface area contributed by atoms with Crippen molar-refractivity contribution in [2.45, 2.75) is 20.4 Å². The number of nitrogens with zero attached hydrogens (tertiary/aromatic N) is 2. The molecule has 3 aromatic rings. The number of anilines is 1. The third-order valence-corrected chi connectivity index (χ3v) is 4.04. The van der Waals surface area contributed by atoms with E-state index in [0.29, 0.717) is 18.0 Å². The molecule has 0 saturated heterocycles. The maximum atomic E-state index is 12.7. The van der Waals surface area contributed by atoms with Gasteiger partial charge >= 0.3 is 0 Å². The van der Waals surface area contributed by atoms with E-state index in [0.717, 1.165) is 5.56 Å². The largest absolute Gasteiger partial charge is 0.442 e. The maximum absolute atomic E-state index is 12.7. The van der Waals surface area contributed by atoms with Crippen molar-refractivity contribution in [2.75, 3.05) is 12.4 Å². The summed E-state index contributed by atoms with van der Waals surface area (Å²) < 4.78 is 5.41. The van der Waals surface area contributed by atoms with Gasteiger partial charge in [-0.2, -0.15) is 0 Å². The van der Waals surface area contributed by atoms with Gasteiger partial charge in [0, 0.05) is 26.2 Å². The highest BCUT2D eigenvalue weighted by Gasteiger charge is 2.21. The normalized spacial score (nSPS) is 10.7. The minimum atomic E-state index is -0.461. The number of carbonyl (C=O) groups is 2. The first-order valence-corrected chi connectivity index (χ1v) is 7.95. The van der Waals surface area contributed by atoms with Crippen LogP contribution in [0.1, 0.15) is 28.6 Å². The summed E-state index contributed by atoms with van der Waals surface area (Å²) in [7, 11) is 1.70. The van der Waals surface area contributed by atoms with Crippen LogP contribution >= 0.6 is 0 Å². The van der Waals surface area contributed by atoms with Crippen molar-refractivity contribution in [3.8, 4) is 0 Å². The molecule has 26 heavy (non-hydrogen) atoms. The molecule has 0 saturated carbocycles. The van der Waals surface area contributed by atoms with Crippen LogP contribution in [0.5, 0.6) is 0 Å². The number of hydrogen-bond donors (Lipinski definition) is 2. The molecular formula is C18H18N4O4. The number of nitrogens with one attached hydrogen (secondary N) is 2. The van der Waals surface area contributed by atoms with Crippen LogP contribution in [0.15, 0.2) is 39.8 Å². The standard InChI is InChI=1S/C18H18N4O4/c1-10-14(15-16(24)19-9-20-18(15)26-10)17(25)21-13-6-4-5-12(7-13)8-22(3)11(2)23/h4-7,9H,8H2,1-3H3,(H,21,25)(H,19,20,24). The molecule has 8 heteroatoms. The van der Waals surface area contributed by atoms with Gasteiger partial charge in [0.25, 0.3) is 11.5 Å². The number of furan rings is 1. The van der Waals surface area contributed by atoms with E-state index < -0.39 is 11.5 Å². The first kappa shape index (κ1) is 17.4. The molecule has 2 N–H and O–H groups in total. The van der Waals surface area contributed by atoms with E-state index in [4.69, 9.17) is 4.42 Å². The smallest absolute Gasteiger partial charge is 0.262 e. The average molecular weight is 354 g/mol. The Kier molecular flexibility index (Phi) is 4.57. The van der Waals surface area contributed by atoms with Crippen LogP contribution in [0.4, 0.5) is 5.69 Å². The van der Waals surface area contributed by atoms with Crippen LogP contribution in [-0.4, -0.2) is 33.7 Å². The lowest BCUT2D eigenvalue weighted by atomic mass is 10.1. The van der Waals surface area contributed by atoms with Crippen molar-refractivity contribution < 1.29 is 14.0 Å². The topological polar surface area (TPSA) is 108 Å². The third-order valence-electron chi connectivity index (χ3n) is 4.04. The van der Waals surface area contributed by atoms with Crippen LogP contribution in [-0.2, 0) is 11.3 Å². The number of H-pyrrole nitrogens is 1. The first-order chi connectivity index (χ1) is 12.4. The number of aryl methyl sites for hydroxylation is 1. The van der Waals surface area contributed by atoms with Gasteiger partial charge < -0.3 is 19.6 Å². The lowest BCUT2D eigenvalue weighted by Crippen LogP contribution is -2.23. The minimum absolute atomic E-state index is 0.0494. The number of rotatable bonds is 4. The Morgan fingerprint density at radius 3 is 2.85 bits per heavy atom. The molecular weight excluding hydrogens is 336 g/mol. The third kappa shape index (κ3) is 3.34. The van der Waals surface area contributed by atoms with Crippen molar-refractivity contribution >= 4 is 28.6 Å². The van der Waals surface area contributed by atoms with Gasteiger partial charge in [-0.05, 0) is 24.6 Å². The summed E-state index contributed by atoms with van der Waals surface area (Å²) in [6.45, 7) is 3.52. The number of aromatic amines is 1. The van der Waals surface area contributed by atoms with E-state index >= 15 is 0 Å². The number of aromatic nitrogens is 2. The van der Waals surface area contributed by atoms with Crippen molar-refractivity contribution in [3.63, 3.8) is 0 Å². The molecule has 0 spiro atoms. The molecule has 0 bridgehead atoms. The van der Waals surface area contributed by atoms with Gasteiger partial charge in [0.05, 0.1) is 11.9 Å². The van der Waals surface area contributed by atoms with Gasteiger partial charge in [0.2, 0.25) is 11.6 Å². The lowest BCUT2D eigenvalue weighted by Gasteiger charge is -2.15. The van der Waals surface area contributed by atoms with E-state index in [1.54, 1.807) is 37.1 Å². The zero-order valence-corrected chi connectivity index (χ0v) is 14.6. The lowest BCUT2D eigenvalue weighted by molar-refractivity contribution is -0.128. The van der Waals surface area contributed by atoms with Gasteiger partial charge in [0.1, 0.15) is 11.1 Å². The minimum Gasteiger partial charge on any atom is -0.442 e. The van der Waals surface area contributed by atoms with Crippen LogP contribution < -0.4 is 10.9 Å². The van der Waals surface area contributed by atoms with E-state index in [2.05, 4.69) is 15.3 Å². The van der Waals surface area contributed by atoms with Crippen LogP contribution in [0.2, 0.25) is 0 Å². The molecule has 2 heterocycles. The number of amides is 2. The fraction of sp³-hybridized carbons (Fsp3) is 0.222. The van der Waals surface area contributed by atoms with Crippen molar-refractivity contribution in [2.24, 2.45) is 0 Å². The Bertz CT molecular complexity index is 1050. The highest BCUT2D eigenvalue weighted by molar-refractivity contribution is 6.12. The quantitative estimate of drug-likeness (QED) is 0.745. The Balaban J connectivity index is 1.89. The molecule has 2 aromatic heterocycles. The van der Waals surface area contributed by atoms with Gasteiger partial charge in [-0.1, -0.05) is 12.1 Å². The highest BCUT2D eigenvalue weighted by atomic mass is 16.3. The van der Waals surface area contributed by atoms with Gasteiger partial charge in [-0.3, -0.25) is 14.4 Å². The van der Waals surface area contributed by atoms with Gasteiger partial charge in [0.15, 0.2) is 0 Å². The second-order valence-electron chi connectivity index (χ2n) is 5.97. The van der Waals surface area contributed by atoms with Crippen LogP contribution in [0.3, 0.4) is 0 Å². The number of benzene rings is 1. The fourth-order valence-corrected chi connectivity index (χ4v) is 2.65. The Morgan fingerprint density at radius 1 is 1.35 bits per heavy atom. The second kappa shape index (κ2) is 6.83. The predicted molar refractivity (Wildman–Crippen MR) is 95.9 cm³/mol. The summed E-state index contributed by atoms with van der Waals surface area (Å²) in [5.41, 5.74) is 1.26. The number of carbonyl (C=O) groups excluding carboxylic acids is 2. The zero-order valence-electron chi connectivity index (χ0n) is 14.6. The summed E-state index contributed by atoms with van der Waals surface area (Å²) in [6, 6.07) is 7.16. The summed E-state index contributed by atoms with van der Waals surface area (Å²) in [6.07, 6.45) is 1.23. The molecule has 8 nitrogen and oxygen atoms in total. The van der Waals surface area contributed by atoms with E-state index in [9.17, 15) is 14.4 Å². The number of fused-ring (bicyclic) bond motifs is 1. The molecule has 0 fully saturated rings. The van der Waals surface area contributed by atoms with E-state index in [1.807, 2.05) is 6.07 Å². The summed E-state index contributed by atoms with van der Waals surface area (Å²) in [5.74, 6) is -0.197. The Labute approximate surface area is 148 Å². The van der Waals surface area contributed by atoms with Crippen molar-refractivity contribution in [1.82, 2.24) is 14.9 Å². The molecule has 0 unspecified atom stereocenters. The monoisotopic (exact) mass is 354 g/mol. The molecule has 0 aliphatic carbocycles. The van der Waals surface area contributed by atoms with Crippen LogP contribution in [0.25, 0.3) is 11.1 Å². The number of hydrogen-bond acceptors (Lipinski definition) is 5. The molecule has 0 atom stereocenters. The Morgan fingerprint density at radius 2 is 2.12 bits per heavy atom. The molecule has 3 rings (SSSR count). The van der Waals surface area contributed by atoms with Crippen molar-refractivity contribution in [3.05, 3.63) is 57.8 Å². The first-order valence-electron chi connectivity index (χ1n) is 7.95. The molecule has 2 amide bonds. The Hall–Kier alpha value is -3.42. The van der Waals surface area contributed by atoms with Gasteiger partial charge in [-0.25, -0.2) is 4.98 Å². The highest BCUT2D eigenvalue weighted by Crippen LogP contribution is 2.22. The molecule has 0 radical (unpaired) electrons. The molecule has 0 aliphatic rings. The van der Waals surface area contributed by atoms with Crippen molar-refractivity contribution in [1.29, 1.82) is 0 Å². The second-order valence-corrected chi connectivity index (χ2v) is 5.97. The summed E-state index contributed by atoms with van der Waals surface area (Å²) >= 11 is 0. The zero-order chi connectivity index (χ0) is 18.8. The molecule has 1 aromatic carbocycles. The SMILES string of the molecule is CC(=O)N(C)Cc1cccc(NC(=O)c2c(C)oc3nc[nH]c(=O)c23)c1. The molecule has 134 valence electrons. The molecule has 0 aliphatic heterocycles. The fourth-order valence-electron chi connectivity index (χ4n) is 2.65.